The van der Waals surface area contributed by atoms with E-state index in [4.69, 9.17) is 9.47 Å². The maximum atomic E-state index is 10.9. The number of methoxy groups -OCH3 is 1. The normalized spacial score (nSPS) is 10.0. The number of rotatable bonds is 5. The van der Waals surface area contributed by atoms with Crippen LogP contribution in [0.4, 0.5) is 0 Å². The van der Waals surface area contributed by atoms with Crippen molar-refractivity contribution in [3.8, 4) is 22.6 Å². The third-order valence-corrected chi connectivity index (χ3v) is 2.84. The Kier molecular flexibility index (Phi) is 4.18. The fourth-order valence-corrected chi connectivity index (χ4v) is 1.92. The Bertz CT molecular complexity index is 576. The zero-order valence-corrected chi connectivity index (χ0v) is 11.1. The molecule has 0 radical (unpaired) electrons. The van der Waals surface area contributed by atoms with Crippen molar-refractivity contribution in [3.63, 3.8) is 0 Å². The molecule has 0 unspecified atom stereocenters. The largest absolute Gasteiger partial charge is 0.496 e. The minimum Gasteiger partial charge on any atom is -0.496 e. The molecule has 0 aromatic heterocycles. The minimum atomic E-state index is 0.548. The van der Waals surface area contributed by atoms with Crippen molar-refractivity contribution in [3.05, 3.63) is 48.0 Å². The summed E-state index contributed by atoms with van der Waals surface area (Å²) in [6, 6.07) is 13.3. The second kappa shape index (κ2) is 6.05. The van der Waals surface area contributed by atoms with E-state index in [9.17, 15) is 4.79 Å². The number of hydrogen-bond acceptors (Lipinski definition) is 3. The topological polar surface area (TPSA) is 35.5 Å². The summed E-state index contributed by atoms with van der Waals surface area (Å²) in [4.78, 5) is 10.9. The molecule has 3 heteroatoms. The van der Waals surface area contributed by atoms with Gasteiger partial charge in [0.25, 0.3) is 0 Å². The second-order valence-electron chi connectivity index (χ2n) is 4.04. The summed E-state index contributed by atoms with van der Waals surface area (Å²) < 4.78 is 10.7. The summed E-state index contributed by atoms with van der Waals surface area (Å²) in [6.45, 7) is 2.59. The molecule has 0 fully saturated rings. The van der Waals surface area contributed by atoms with E-state index in [2.05, 4.69) is 0 Å². The first-order chi connectivity index (χ1) is 9.28. The van der Waals surface area contributed by atoms with E-state index < -0.39 is 0 Å². The van der Waals surface area contributed by atoms with Crippen molar-refractivity contribution in [1.29, 1.82) is 0 Å². The van der Waals surface area contributed by atoms with Crippen LogP contribution in [0.1, 0.15) is 17.3 Å². The zero-order chi connectivity index (χ0) is 13.7. The summed E-state index contributed by atoms with van der Waals surface area (Å²) >= 11 is 0. The lowest BCUT2D eigenvalue weighted by atomic mass is 10.0. The lowest BCUT2D eigenvalue weighted by molar-refractivity contribution is 0.112. The summed E-state index contributed by atoms with van der Waals surface area (Å²) in [5.74, 6) is 1.41. The Labute approximate surface area is 112 Å². The fraction of sp³-hybridized carbons (Fsp3) is 0.188. The summed E-state index contributed by atoms with van der Waals surface area (Å²) in [6.07, 6.45) is 0.791. The summed E-state index contributed by atoms with van der Waals surface area (Å²) in [5.41, 5.74) is 2.57. The molecule has 0 saturated heterocycles. The van der Waals surface area contributed by atoms with Gasteiger partial charge >= 0.3 is 0 Å². The molecule has 19 heavy (non-hydrogen) atoms. The number of aldehydes is 1. The van der Waals surface area contributed by atoms with E-state index in [-0.39, 0.29) is 0 Å². The SMILES string of the molecule is CCOc1cccc(-c2ccc(C=O)c(OC)c2)c1. The van der Waals surface area contributed by atoms with Gasteiger partial charge in [-0.05, 0) is 42.3 Å². The van der Waals surface area contributed by atoms with Crippen molar-refractivity contribution in [2.45, 2.75) is 6.92 Å². The first kappa shape index (κ1) is 13.1. The van der Waals surface area contributed by atoms with E-state index in [1.165, 1.54) is 0 Å². The van der Waals surface area contributed by atoms with Crippen molar-refractivity contribution in [2.75, 3.05) is 13.7 Å². The van der Waals surface area contributed by atoms with E-state index in [1.807, 2.05) is 43.3 Å². The Morgan fingerprint density at radius 1 is 1.11 bits per heavy atom. The van der Waals surface area contributed by atoms with Gasteiger partial charge < -0.3 is 9.47 Å². The minimum absolute atomic E-state index is 0.548. The molecule has 0 aliphatic heterocycles. The van der Waals surface area contributed by atoms with Gasteiger partial charge in [0.05, 0.1) is 19.3 Å². The highest BCUT2D eigenvalue weighted by molar-refractivity contribution is 5.82. The number of ether oxygens (including phenoxy) is 2. The first-order valence-electron chi connectivity index (χ1n) is 6.15. The molecule has 2 rings (SSSR count). The Morgan fingerprint density at radius 3 is 2.58 bits per heavy atom. The average Bonchev–Trinajstić information content (AvgIpc) is 2.47. The maximum Gasteiger partial charge on any atom is 0.153 e. The molecule has 0 spiro atoms. The van der Waals surface area contributed by atoms with Gasteiger partial charge in [0, 0.05) is 0 Å². The van der Waals surface area contributed by atoms with Gasteiger partial charge in [-0.15, -0.1) is 0 Å². The molecule has 2 aromatic carbocycles. The predicted octanol–water partition coefficient (Wildman–Crippen LogP) is 3.57. The van der Waals surface area contributed by atoms with E-state index >= 15 is 0 Å². The van der Waals surface area contributed by atoms with Crippen LogP contribution in [-0.2, 0) is 0 Å². The zero-order valence-electron chi connectivity index (χ0n) is 11.1. The van der Waals surface area contributed by atoms with Crippen LogP contribution in [0.5, 0.6) is 11.5 Å². The molecule has 0 N–H and O–H groups in total. The number of carbonyl (C=O) groups is 1. The molecule has 2 aromatic rings. The van der Waals surface area contributed by atoms with Gasteiger partial charge in [-0.2, -0.15) is 0 Å². The van der Waals surface area contributed by atoms with Crippen LogP contribution in [-0.4, -0.2) is 20.0 Å². The summed E-state index contributed by atoms with van der Waals surface area (Å²) in [7, 11) is 1.56. The molecule has 0 amide bonds. The number of carbonyl (C=O) groups excluding carboxylic acids is 1. The lowest BCUT2D eigenvalue weighted by Gasteiger charge is -2.09. The molecule has 0 atom stereocenters. The molecular weight excluding hydrogens is 240 g/mol. The van der Waals surface area contributed by atoms with Crippen LogP contribution < -0.4 is 9.47 Å². The van der Waals surface area contributed by atoms with E-state index in [1.54, 1.807) is 13.2 Å². The van der Waals surface area contributed by atoms with E-state index in [0.29, 0.717) is 17.9 Å². The van der Waals surface area contributed by atoms with Crippen molar-refractivity contribution < 1.29 is 14.3 Å². The van der Waals surface area contributed by atoms with Gasteiger partial charge in [0.2, 0.25) is 0 Å². The fourth-order valence-electron chi connectivity index (χ4n) is 1.92. The van der Waals surface area contributed by atoms with E-state index in [0.717, 1.165) is 23.2 Å². The van der Waals surface area contributed by atoms with Crippen LogP contribution in [0.15, 0.2) is 42.5 Å². The van der Waals surface area contributed by atoms with Gasteiger partial charge in [-0.3, -0.25) is 4.79 Å². The van der Waals surface area contributed by atoms with Gasteiger partial charge in [-0.25, -0.2) is 0 Å². The smallest absolute Gasteiger partial charge is 0.153 e. The molecular formula is C16H16O3. The molecule has 0 bridgehead atoms. The summed E-state index contributed by atoms with van der Waals surface area (Å²) in [5, 5.41) is 0. The molecule has 3 nitrogen and oxygen atoms in total. The molecule has 0 aliphatic rings. The third-order valence-electron chi connectivity index (χ3n) is 2.84. The van der Waals surface area contributed by atoms with Crippen LogP contribution in [0.3, 0.4) is 0 Å². The third kappa shape index (κ3) is 2.94. The van der Waals surface area contributed by atoms with Crippen LogP contribution in [0.25, 0.3) is 11.1 Å². The number of benzene rings is 2. The van der Waals surface area contributed by atoms with Gasteiger partial charge in [0.15, 0.2) is 6.29 Å². The van der Waals surface area contributed by atoms with Crippen molar-refractivity contribution in [1.82, 2.24) is 0 Å². The van der Waals surface area contributed by atoms with Gasteiger partial charge in [-0.1, -0.05) is 18.2 Å². The maximum absolute atomic E-state index is 10.9. The quantitative estimate of drug-likeness (QED) is 0.767. The molecule has 0 saturated carbocycles. The Morgan fingerprint density at radius 2 is 1.89 bits per heavy atom. The predicted molar refractivity (Wildman–Crippen MR) is 75.0 cm³/mol. The van der Waals surface area contributed by atoms with Crippen LogP contribution in [0, 0.1) is 0 Å². The Balaban J connectivity index is 2.41. The highest BCUT2D eigenvalue weighted by Gasteiger charge is 2.06. The van der Waals surface area contributed by atoms with Crippen LogP contribution >= 0.6 is 0 Å². The molecule has 0 heterocycles. The van der Waals surface area contributed by atoms with Crippen molar-refractivity contribution >= 4 is 6.29 Å². The highest BCUT2D eigenvalue weighted by atomic mass is 16.5. The lowest BCUT2D eigenvalue weighted by Crippen LogP contribution is -1.93. The highest BCUT2D eigenvalue weighted by Crippen LogP contribution is 2.28. The average molecular weight is 256 g/mol. The van der Waals surface area contributed by atoms with Gasteiger partial charge in [0.1, 0.15) is 11.5 Å². The van der Waals surface area contributed by atoms with Crippen LogP contribution in [0.2, 0.25) is 0 Å². The monoisotopic (exact) mass is 256 g/mol. The molecule has 98 valence electrons. The number of hydrogen-bond donors (Lipinski definition) is 0. The second-order valence-corrected chi connectivity index (χ2v) is 4.04. The van der Waals surface area contributed by atoms with Crippen molar-refractivity contribution in [2.24, 2.45) is 0 Å². The Hall–Kier alpha value is -2.29. The standard InChI is InChI=1S/C16H16O3/c1-3-19-15-6-4-5-12(9-15)13-7-8-14(11-17)16(10-13)18-2/h4-11H,3H2,1-2H3. The first-order valence-corrected chi connectivity index (χ1v) is 6.15. The molecule has 0 aliphatic carbocycles.